The van der Waals surface area contributed by atoms with Crippen LogP contribution < -0.4 is 5.32 Å². The van der Waals surface area contributed by atoms with Gasteiger partial charge in [0.15, 0.2) is 0 Å². The van der Waals surface area contributed by atoms with Gasteiger partial charge in [-0.25, -0.2) is 0 Å². The molecule has 0 bridgehead atoms. The second-order valence-corrected chi connectivity index (χ2v) is 5.95. The van der Waals surface area contributed by atoms with Gasteiger partial charge in [0.25, 0.3) is 0 Å². The standard InChI is InChI=1S/C25H23N/c1-2-10-21(22-11-5-3-6-12-22)15-9-20-26-25-18-16-24(17-19-25)23-13-7-4-8-14-23/h2-19,26H,1,20H2/b15-9-,21-10+. The molecule has 3 rings (SSSR count). The first-order valence-electron chi connectivity index (χ1n) is 8.81. The maximum Gasteiger partial charge on any atom is 0.0343 e. The third kappa shape index (κ3) is 4.84. The Bertz CT molecular complexity index is 872. The van der Waals surface area contributed by atoms with Crippen molar-refractivity contribution in [3.8, 4) is 11.1 Å². The van der Waals surface area contributed by atoms with E-state index in [0.29, 0.717) is 0 Å². The van der Waals surface area contributed by atoms with Crippen molar-refractivity contribution < 1.29 is 0 Å². The molecule has 26 heavy (non-hydrogen) atoms. The van der Waals surface area contributed by atoms with Gasteiger partial charge in [0.2, 0.25) is 0 Å². The van der Waals surface area contributed by atoms with Crippen molar-refractivity contribution >= 4 is 11.3 Å². The van der Waals surface area contributed by atoms with Crippen molar-refractivity contribution in [1.82, 2.24) is 0 Å². The van der Waals surface area contributed by atoms with E-state index in [2.05, 4.69) is 84.7 Å². The SMILES string of the molecule is C=C/C=C(\C=C/CNc1ccc(-c2ccccc2)cc1)c1ccccc1. The summed E-state index contributed by atoms with van der Waals surface area (Å²) in [5.74, 6) is 0. The quantitative estimate of drug-likeness (QED) is 0.479. The number of nitrogens with one attached hydrogen (secondary N) is 1. The molecule has 128 valence electrons. The zero-order valence-electron chi connectivity index (χ0n) is 14.8. The van der Waals surface area contributed by atoms with Gasteiger partial charge in [0.05, 0.1) is 0 Å². The van der Waals surface area contributed by atoms with Crippen LogP contribution in [0, 0.1) is 0 Å². The summed E-state index contributed by atoms with van der Waals surface area (Å²) in [6.07, 6.45) is 8.11. The van der Waals surface area contributed by atoms with Crippen LogP contribution in [0.2, 0.25) is 0 Å². The predicted molar refractivity (Wildman–Crippen MR) is 114 cm³/mol. The average molecular weight is 337 g/mol. The molecule has 0 heterocycles. The zero-order valence-corrected chi connectivity index (χ0v) is 14.8. The highest BCUT2D eigenvalue weighted by molar-refractivity contribution is 5.75. The van der Waals surface area contributed by atoms with Gasteiger partial charge >= 0.3 is 0 Å². The van der Waals surface area contributed by atoms with Crippen molar-refractivity contribution in [3.05, 3.63) is 121 Å². The van der Waals surface area contributed by atoms with Crippen molar-refractivity contribution in [2.75, 3.05) is 11.9 Å². The summed E-state index contributed by atoms with van der Waals surface area (Å²) in [5, 5.41) is 3.43. The van der Waals surface area contributed by atoms with Gasteiger partial charge in [0, 0.05) is 12.2 Å². The Kier molecular flexibility index (Phi) is 6.22. The molecule has 0 aliphatic carbocycles. The Hall–Kier alpha value is -3.32. The fourth-order valence-electron chi connectivity index (χ4n) is 2.78. The summed E-state index contributed by atoms with van der Waals surface area (Å²) in [7, 11) is 0. The van der Waals surface area contributed by atoms with Crippen molar-refractivity contribution in [1.29, 1.82) is 0 Å². The minimum absolute atomic E-state index is 0.770. The molecule has 0 atom stereocenters. The summed E-state index contributed by atoms with van der Waals surface area (Å²) in [6, 6.07) is 29.3. The first-order valence-corrected chi connectivity index (χ1v) is 8.81. The first-order chi connectivity index (χ1) is 12.9. The smallest absolute Gasteiger partial charge is 0.0343 e. The van der Waals surface area contributed by atoms with E-state index in [1.54, 1.807) is 0 Å². The molecule has 3 aromatic carbocycles. The van der Waals surface area contributed by atoms with Gasteiger partial charge in [-0.15, -0.1) is 0 Å². The second kappa shape index (κ2) is 9.24. The lowest BCUT2D eigenvalue weighted by molar-refractivity contribution is 1.33. The van der Waals surface area contributed by atoms with Crippen LogP contribution in [0.3, 0.4) is 0 Å². The lowest BCUT2D eigenvalue weighted by atomic mass is 10.0. The van der Waals surface area contributed by atoms with E-state index < -0.39 is 0 Å². The highest BCUT2D eigenvalue weighted by Gasteiger charge is 1.97. The van der Waals surface area contributed by atoms with Crippen LogP contribution >= 0.6 is 0 Å². The zero-order chi connectivity index (χ0) is 18.0. The highest BCUT2D eigenvalue weighted by Crippen LogP contribution is 2.21. The van der Waals surface area contributed by atoms with E-state index >= 15 is 0 Å². The van der Waals surface area contributed by atoms with Crippen molar-refractivity contribution in [2.45, 2.75) is 0 Å². The van der Waals surface area contributed by atoms with Gasteiger partial charge in [0.1, 0.15) is 0 Å². The third-order valence-corrected chi connectivity index (χ3v) is 4.12. The van der Waals surface area contributed by atoms with Crippen molar-refractivity contribution in [2.24, 2.45) is 0 Å². The van der Waals surface area contributed by atoms with Gasteiger partial charge in [-0.3, -0.25) is 0 Å². The van der Waals surface area contributed by atoms with Crippen LogP contribution in [0.5, 0.6) is 0 Å². The molecule has 0 amide bonds. The average Bonchev–Trinajstić information content (AvgIpc) is 2.72. The van der Waals surface area contributed by atoms with E-state index in [-0.39, 0.29) is 0 Å². The molecule has 0 saturated carbocycles. The molecule has 0 unspecified atom stereocenters. The fourth-order valence-corrected chi connectivity index (χ4v) is 2.78. The molecule has 0 spiro atoms. The van der Waals surface area contributed by atoms with E-state index in [1.807, 2.05) is 36.4 Å². The Morgan fingerprint density at radius 1 is 0.769 bits per heavy atom. The second-order valence-electron chi connectivity index (χ2n) is 5.95. The normalized spacial score (nSPS) is 11.5. The maximum absolute atomic E-state index is 3.81. The molecule has 3 aromatic rings. The van der Waals surface area contributed by atoms with Gasteiger partial charge in [-0.05, 0) is 34.4 Å². The monoisotopic (exact) mass is 337 g/mol. The number of allylic oxidation sites excluding steroid dienone is 4. The van der Waals surface area contributed by atoms with E-state index in [9.17, 15) is 0 Å². The molecule has 0 saturated heterocycles. The molecule has 1 heteroatoms. The summed E-state index contributed by atoms with van der Waals surface area (Å²) in [6.45, 7) is 4.58. The fraction of sp³-hybridized carbons (Fsp3) is 0.0400. The van der Waals surface area contributed by atoms with Crippen LogP contribution in [-0.2, 0) is 0 Å². The summed E-state index contributed by atoms with van der Waals surface area (Å²) in [5.41, 5.74) is 5.92. The molecule has 0 aromatic heterocycles. The molecule has 1 nitrogen and oxygen atoms in total. The van der Waals surface area contributed by atoms with Gasteiger partial charge < -0.3 is 5.32 Å². The lowest BCUT2D eigenvalue weighted by Crippen LogP contribution is -1.97. The largest absolute Gasteiger partial charge is 0.382 e. The highest BCUT2D eigenvalue weighted by atomic mass is 14.8. The van der Waals surface area contributed by atoms with Crippen LogP contribution in [0.1, 0.15) is 5.56 Å². The Morgan fingerprint density at radius 3 is 2.04 bits per heavy atom. The number of hydrogen-bond acceptors (Lipinski definition) is 1. The van der Waals surface area contributed by atoms with Crippen LogP contribution in [0.25, 0.3) is 16.7 Å². The minimum Gasteiger partial charge on any atom is -0.382 e. The maximum atomic E-state index is 3.81. The van der Waals surface area contributed by atoms with Crippen LogP contribution in [0.15, 0.2) is 116 Å². The molecule has 0 fully saturated rings. The van der Waals surface area contributed by atoms with E-state index in [4.69, 9.17) is 0 Å². The Morgan fingerprint density at radius 2 is 1.38 bits per heavy atom. The predicted octanol–water partition coefficient (Wildman–Crippen LogP) is 6.59. The van der Waals surface area contributed by atoms with Crippen LogP contribution in [0.4, 0.5) is 5.69 Å². The molecule has 0 aliphatic rings. The van der Waals surface area contributed by atoms with Gasteiger partial charge in [-0.2, -0.15) is 0 Å². The molecule has 0 radical (unpaired) electrons. The number of benzene rings is 3. The topological polar surface area (TPSA) is 12.0 Å². The molecule has 1 N–H and O–H groups in total. The first kappa shape index (κ1) is 17.5. The van der Waals surface area contributed by atoms with E-state index in [1.165, 1.54) is 16.7 Å². The number of anilines is 1. The van der Waals surface area contributed by atoms with Crippen molar-refractivity contribution in [3.63, 3.8) is 0 Å². The number of hydrogen-bond donors (Lipinski definition) is 1. The molecule has 0 aliphatic heterocycles. The summed E-state index contributed by atoms with van der Waals surface area (Å²) >= 11 is 0. The molecular formula is C25H23N. The van der Waals surface area contributed by atoms with Crippen LogP contribution in [-0.4, -0.2) is 6.54 Å². The number of rotatable bonds is 7. The molecular weight excluding hydrogens is 314 g/mol. The Labute approximate surface area is 156 Å². The Balaban J connectivity index is 1.59. The lowest BCUT2D eigenvalue weighted by Gasteiger charge is -2.06. The summed E-state index contributed by atoms with van der Waals surface area (Å²) < 4.78 is 0. The van der Waals surface area contributed by atoms with Gasteiger partial charge in [-0.1, -0.05) is 104 Å². The minimum atomic E-state index is 0.770. The summed E-state index contributed by atoms with van der Waals surface area (Å²) in [4.78, 5) is 0. The third-order valence-electron chi connectivity index (χ3n) is 4.12. The van der Waals surface area contributed by atoms with E-state index in [0.717, 1.165) is 17.8 Å².